The van der Waals surface area contributed by atoms with Crippen LogP contribution in [0.1, 0.15) is 28.7 Å². The van der Waals surface area contributed by atoms with Crippen LogP contribution in [0.4, 0.5) is 11.4 Å². The summed E-state index contributed by atoms with van der Waals surface area (Å²) in [5, 5.41) is 2.74. The summed E-state index contributed by atoms with van der Waals surface area (Å²) in [6.45, 7) is 7.68. The van der Waals surface area contributed by atoms with Crippen molar-refractivity contribution in [3.8, 4) is 0 Å². The predicted molar refractivity (Wildman–Crippen MR) is 120 cm³/mol. The minimum atomic E-state index is -0.580. The number of nitrogens with one attached hydrogen (secondary N) is 1. The van der Waals surface area contributed by atoms with Crippen molar-refractivity contribution >= 4 is 45.1 Å². The van der Waals surface area contributed by atoms with E-state index in [2.05, 4.69) is 21.2 Å². The average Bonchev–Trinajstić information content (AvgIpc) is 3.05. The van der Waals surface area contributed by atoms with Crippen molar-refractivity contribution in [2.75, 3.05) is 23.4 Å². The van der Waals surface area contributed by atoms with Gasteiger partial charge in [0.05, 0.1) is 5.92 Å². The van der Waals surface area contributed by atoms with Crippen molar-refractivity contribution in [2.24, 2.45) is 5.92 Å². The number of amides is 2. The molecule has 0 aliphatic carbocycles. The van der Waals surface area contributed by atoms with Crippen molar-refractivity contribution in [2.45, 2.75) is 34.1 Å². The van der Waals surface area contributed by atoms with Crippen molar-refractivity contribution in [1.82, 2.24) is 0 Å². The van der Waals surface area contributed by atoms with Crippen LogP contribution in [0.2, 0.25) is 0 Å². The lowest BCUT2D eigenvalue weighted by atomic mass is 10.1. The van der Waals surface area contributed by atoms with Gasteiger partial charge < -0.3 is 15.0 Å². The van der Waals surface area contributed by atoms with E-state index in [0.717, 1.165) is 32.4 Å². The predicted octanol–water partition coefficient (Wildman–Crippen LogP) is 4.22. The Morgan fingerprint density at radius 2 is 1.67 bits per heavy atom. The number of hydrogen-bond acceptors (Lipinski definition) is 4. The molecular weight excluding hydrogens is 448 g/mol. The lowest BCUT2D eigenvalue weighted by Gasteiger charge is -2.18. The molecule has 30 heavy (non-hydrogen) atoms. The molecule has 1 N–H and O–H groups in total. The highest BCUT2D eigenvalue weighted by Gasteiger charge is 2.36. The van der Waals surface area contributed by atoms with E-state index < -0.39 is 17.8 Å². The van der Waals surface area contributed by atoms with Crippen LogP contribution in [0.3, 0.4) is 0 Å². The number of esters is 1. The smallest absolute Gasteiger partial charge is 0.311 e. The van der Waals surface area contributed by atoms with Gasteiger partial charge in [-0.05, 0) is 74.2 Å². The summed E-state index contributed by atoms with van der Waals surface area (Å²) in [6, 6.07) is 9.56. The summed E-state index contributed by atoms with van der Waals surface area (Å²) < 4.78 is 6.18. The maximum Gasteiger partial charge on any atom is 0.311 e. The van der Waals surface area contributed by atoms with Gasteiger partial charge in [-0.15, -0.1) is 0 Å². The SMILES string of the molecule is Cc1cc(C)cc(N2C[C@H](C(=O)OCC(=O)Nc3cc(C)c(Br)c(C)c3)CC2=O)c1. The summed E-state index contributed by atoms with van der Waals surface area (Å²) in [5.41, 5.74) is 5.53. The standard InChI is InChI=1S/C23H25BrN2O4/c1-13-5-14(2)7-19(6-13)26-11-17(10-21(26)28)23(29)30-12-20(27)25-18-8-15(3)22(24)16(4)9-18/h5-9,17H,10-12H2,1-4H3,(H,25,27)/t17-/m1/s1. The van der Waals surface area contributed by atoms with E-state index in [4.69, 9.17) is 4.74 Å². The Hall–Kier alpha value is -2.67. The van der Waals surface area contributed by atoms with Crippen LogP contribution in [0.25, 0.3) is 0 Å². The van der Waals surface area contributed by atoms with Gasteiger partial charge in [-0.2, -0.15) is 0 Å². The van der Waals surface area contributed by atoms with Gasteiger partial charge in [-0.25, -0.2) is 0 Å². The number of rotatable bonds is 5. The van der Waals surface area contributed by atoms with Gasteiger partial charge in [0, 0.05) is 28.8 Å². The minimum Gasteiger partial charge on any atom is -0.455 e. The largest absolute Gasteiger partial charge is 0.455 e. The van der Waals surface area contributed by atoms with Crippen molar-refractivity contribution in [3.63, 3.8) is 0 Å². The number of carbonyl (C=O) groups excluding carboxylic acids is 3. The molecule has 2 aromatic carbocycles. The van der Waals surface area contributed by atoms with Crippen molar-refractivity contribution in [1.29, 1.82) is 0 Å². The Morgan fingerprint density at radius 1 is 1.07 bits per heavy atom. The van der Waals surface area contributed by atoms with Crippen LogP contribution in [-0.4, -0.2) is 30.9 Å². The molecule has 1 aliphatic rings. The molecule has 7 heteroatoms. The number of carbonyl (C=O) groups is 3. The first kappa shape index (κ1) is 22.0. The zero-order valence-corrected chi connectivity index (χ0v) is 19.1. The topological polar surface area (TPSA) is 75.7 Å². The third-order valence-electron chi connectivity index (χ3n) is 5.04. The second kappa shape index (κ2) is 9.00. The van der Waals surface area contributed by atoms with Gasteiger partial charge in [0.1, 0.15) is 0 Å². The van der Waals surface area contributed by atoms with Gasteiger partial charge >= 0.3 is 5.97 Å². The molecule has 0 radical (unpaired) electrons. The van der Waals surface area contributed by atoms with E-state index in [1.165, 1.54) is 0 Å². The fourth-order valence-corrected chi connectivity index (χ4v) is 3.92. The van der Waals surface area contributed by atoms with Crippen LogP contribution in [0, 0.1) is 33.6 Å². The van der Waals surface area contributed by atoms with Gasteiger partial charge in [-0.3, -0.25) is 14.4 Å². The number of nitrogens with zero attached hydrogens (tertiary/aromatic N) is 1. The van der Waals surface area contributed by atoms with Crippen molar-refractivity contribution in [3.05, 3.63) is 57.1 Å². The molecule has 2 aromatic rings. The van der Waals surface area contributed by atoms with Crippen LogP contribution in [-0.2, 0) is 19.1 Å². The summed E-state index contributed by atoms with van der Waals surface area (Å²) in [4.78, 5) is 38.6. The third-order valence-corrected chi connectivity index (χ3v) is 6.29. The van der Waals surface area contributed by atoms with E-state index in [1.54, 1.807) is 4.90 Å². The molecule has 2 amide bonds. The molecule has 1 saturated heterocycles. The lowest BCUT2D eigenvalue weighted by Crippen LogP contribution is -2.28. The zero-order valence-electron chi connectivity index (χ0n) is 17.5. The zero-order chi connectivity index (χ0) is 22.0. The Bertz CT molecular complexity index is 975. The quantitative estimate of drug-likeness (QED) is 0.660. The Morgan fingerprint density at radius 3 is 2.27 bits per heavy atom. The maximum atomic E-state index is 12.4. The molecule has 0 unspecified atom stereocenters. The van der Waals surface area contributed by atoms with Gasteiger partial charge in [0.25, 0.3) is 5.91 Å². The summed E-state index contributed by atoms with van der Waals surface area (Å²) >= 11 is 3.49. The third kappa shape index (κ3) is 5.08. The molecule has 0 saturated carbocycles. The highest BCUT2D eigenvalue weighted by molar-refractivity contribution is 9.10. The monoisotopic (exact) mass is 472 g/mol. The molecule has 3 rings (SSSR count). The first-order valence-corrected chi connectivity index (χ1v) is 10.5. The Labute approximate surface area is 184 Å². The van der Waals surface area contributed by atoms with Gasteiger partial charge in [-0.1, -0.05) is 22.0 Å². The molecule has 1 atom stereocenters. The summed E-state index contributed by atoms with van der Waals surface area (Å²) in [6.07, 6.45) is 0.0819. The highest BCUT2D eigenvalue weighted by atomic mass is 79.9. The van der Waals surface area contributed by atoms with Crippen LogP contribution in [0.5, 0.6) is 0 Å². The molecule has 0 bridgehead atoms. The van der Waals surface area contributed by atoms with E-state index in [0.29, 0.717) is 5.69 Å². The molecule has 1 fully saturated rings. The molecular formula is C23H25BrN2O4. The van der Waals surface area contributed by atoms with Crippen molar-refractivity contribution < 1.29 is 19.1 Å². The Kier molecular flexibility index (Phi) is 6.61. The van der Waals surface area contributed by atoms with Crippen LogP contribution < -0.4 is 10.2 Å². The summed E-state index contributed by atoms with van der Waals surface area (Å²) in [5.74, 6) is -1.65. The second-order valence-corrected chi connectivity index (χ2v) is 8.62. The van der Waals surface area contributed by atoms with E-state index in [9.17, 15) is 14.4 Å². The highest BCUT2D eigenvalue weighted by Crippen LogP contribution is 2.28. The van der Waals surface area contributed by atoms with Crippen LogP contribution in [0.15, 0.2) is 34.8 Å². The number of benzene rings is 2. The first-order valence-electron chi connectivity index (χ1n) is 9.76. The van der Waals surface area contributed by atoms with E-state index in [1.807, 2.05) is 58.0 Å². The lowest BCUT2D eigenvalue weighted by molar-refractivity contribution is -0.151. The van der Waals surface area contributed by atoms with Crippen LogP contribution >= 0.6 is 15.9 Å². The summed E-state index contributed by atoms with van der Waals surface area (Å²) in [7, 11) is 0. The molecule has 0 aromatic heterocycles. The van der Waals surface area contributed by atoms with E-state index in [-0.39, 0.29) is 25.5 Å². The number of halogens is 1. The fourth-order valence-electron chi connectivity index (χ4n) is 3.69. The Balaban J connectivity index is 1.56. The van der Waals surface area contributed by atoms with Gasteiger partial charge in [0.15, 0.2) is 6.61 Å². The molecule has 1 aliphatic heterocycles. The van der Waals surface area contributed by atoms with E-state index >= 15 is 0 Å². The molecule has 0 spiro atoms. The number of ether oxygens (including phenoxy) is 1. The molecule has 1 heterocycles. The molecule has 158 valence electrons. The maximum absolute atomic E-state index is 12.4. The first-order chi connectivity index (χ1) is 14.1. The number of hydrogen-bond donors (Lipinski definition) is 1. The van der Waals surface area contributed by atoms with Gasteiger partial charge in [0.2, 0.25) is 5.91 Å². The second-order valence-electron chi connectivity index (χ2n) is 7.83. The number of aryl methyl sites for hydroxylation is 4. The average molecular weight is 473 g/mol. The minimum absolute atomic E-state index is 0.0819. The fraction of sp³-hybridized carbons (Fsp3) is 0.348. The molecule has 6 nitrogen and oxygen atoms in total. The number of anilines is 2. The normalized spacial score (nSPS) is 16.0.